The summed E-state index contributed by atoms with van der Waals surface area (Å²) in [4.78, 5) is 0. The first kappa shape index (κ1) is 9.84. The summed E-state index contributed by atoms with van der Waals surface area (Å²) in [6.07, 6.45) is 4.71. The zero-order chi connectivity index (χ0) is 9.84. The van der Waals surface area contributed by atoms with Gasteiger partial charge in [-0.2, -0.15) is 5.26 Å². The fourth-order valence-corrected chi connectivity index (χ4v) is 1.36. The van der Waals surface area contributed by atoms with Crippen molar-refractivity contribution in [3.05, 3.63) is 34.3 Å². The van der Waals surface area contributed by atoms with Crippen molar-refractivity contribution < 1.29 is 4.74 Å². The first-order valence-electron chi connectivity index (χ1n) is 3.46. The van der Waals surface area contributed by atoms with Gasteiger partial charge in [-0.1, -0.05) is 0 Å². The van der Waals surface area contributed by atoms with Crippen LogP contribution in [0.5, 0.6) is 0 Å². The number of nitrogens with zero attached hydrogens (tertiary/aromatic N) is 2. The zero-order valence-electron chi connectivity index (χ0n) is 6.99. The van der Waals surface area contributed by atoms with Gasteiger partial charge in [-0.25, -0.2) is 5.84 Å². The lowest BCUT2D eigenvalue weighted by atomic mass is 10.2. The van der Waals surface area contributed by atoms with Crippen LogP contribution in [0.15, 0.2) is 34.3 Å². The molecule has 0 aromatic carbocycles. The van der Waals surface area contributed by atoms with Crippen LogP contribution in [0.4, 0.5) is 0 Å². The molecule has 0 spiro atoms. The van der Waals surface area contributed by atoms with Gasteiger partial charge < -0.3 is 4.74 Å². The second-order valence-electron chi connectivity index (χ2n) is 2.29. The SMILES string of the molecule is COC1=CC(Br)=CN(N)/C1=C/C#N. The smallest absolute Gasteiger partial charge is 0.145 e. The van der Waals surface area contributed by atoms with Crippen molar-refractivity contribution in [3.63, 3.8) is 0 Å². The van der Waals surface area contributed by atoms with E-state index in [9.17, 15) is 0 Å². The number of allylic oxidation sites excluding steroid dienone is 3. The summed E-state index contributed by atoms with van der Waals surface area (Å²) < 4.78 is 5.84. The van der Waals surface area contributed by atoms with Crippen molar-refractivity contribution in [3.8, 4) is 6.07 Å². The van der Waals surface area contributed by atoms with Crippen LogP contribution in [-0.4, -0.2) is 12.1 Å². The Labute approximate surface area is 84.7 Å². The van der Waals surface area contributed by atoms with Crippen molar-refractivity contribution >= 4 is 15.9 Å². The predicted octanol–water partition coefficient (Wildman–Crippen LogP) is 1.35. The molecule has 1 aliphatic rings. The summed E-state index contributed by atoms with van der Waals surface area (Å²) in [5, 5.41) is 9.82. The molecule has 0 radical (unpaired) electrons. The summed E-state index contributed by atoms with van der Waals surface area (Å²) in [5.41, 5.74) is 0.535. The highest BCUT2D eigenvalue weighted by Gasteiger charge is 2.15. The van der Waals surface area contributed by atoms with Gasteiger partial charge in [0.2, 0.25) is 0 Å². The largest absolute Gasteiger partial charge is 0.494 e. The Morgan fingerprint density at radius 1 is 1.77 bits per heavy atom. The molecular weight excluding hydrogens is 234 g/mol. The molecule has 5 heteroatoms. The van der Waals surface area contributed by atoms with E-state index in [4.69, 9.17) is 15.8 Å². The highest BCUT2D eigenvalue weighted by atomic mass is 79.9. The fraction of sp³-hybridized carbons (Fsp3) is 0.125. The molecule has 1 rings (SSSR count). The van der Waals surface area contributed by atoms with E-state index in [0.717, 1.165) is 4.48 Å². The number of hydrazine groups is 1. The van der Waals surface area contributed by atoms with Crippen LogP contribution in [0.25, 0.3) is 0 Å². The van der Waals surface area contributed by atoms with Crippen molar-refractivity contribution in [2.24, 2.45) is 5.84 Å². The van der Waals surface area contributed by atoms with Crippen LogP contribution < -0.4 is 5.84 Å². The highest BCUT2D eigenvalue weighted by Crippen LogP contribution is 2.24. The predicted molar refractivity (Wildman–Crippen MR) is 51.8 cm³/mol. The summed E-state index contributed by atoms with van der Waals surface area (Å²) in [7, 11) is 1.52. The molecule has 0 unspecified atom stereocenters. The Balaban J connectivity index is 3.07. The molecule has 0 saturated heterocycles. The van der Waals surface area contributed by atoms with Gasteiger partial charge in [0, 0.05) is 16.8 Å². The maximum atomic E-state index is 8.49. The molecule has 0 fully saturated rings. The van der Waals surface area contributed by atoms with Crippen LogP contribution in [0.3, 0.4) is 0 Å². The van der Waals surface area contributed by atoms with E-state index in [1.165, 1.54) is 18.2 Å². The summed E-state index contributed by atoms with van der Waals surface area (Å²) in [5.74, 6) is 6.16. The molecule has 68 valence electrons. The lowest BCUT2D eigenvalue weighted by Gasteiger charge is -2.22. The van der Waals surface area contributed by atoms with E-state index in [1.807, 2.05) is 6.07 Å². The highest BCUT2D eigenvalue weighted by molar-refractivity contribution is 9.11. The lowest BCUT2D eigenvalue weighted by Crippen LogP contribution is -2.28. The van der Waals surface area contributed by atoms with Crippen LogP contribution in [0.1, 0.15) is 0 Å². The fourth-order valence-electron chi connectivity index (χ4n) is 0.936. The maximum Gasteiger partial charge on any atom is 0.145 e. The van der Waals surface area contributed by atoms with Gasteiger partial charge in [0.05, 0.1) is 13.2 Å². The standard InChI is InChI=1S/C8H8BrN3O/c1-13-8-4-6(9)5-12(11)7(8)2-3-10/h2,4-5H,11H2,1H3/b7-2+. The number of methoxy groups -OCH3 is 1. The van der Waals surface area contributed by atoms with Crippen molar-refractivity contribution in [1.29, 1.82) is 5.26 Å². The van der Waals surface area contributed by atoms with E-state index < -0.39 is 0 Å². The second-order valence-corrected chi connectivity index (χ2v) is 3.21. The molecule has 0 aliphatic carbocycles. The zero-order valence-corrected chi connectivity index (χ0v) is 8.58. The van der Waals surface area contributed by atoms with E-state index in [2.05, 4.69) is 15.9 Å². The summed E-state index contributed by atoms with van der Waals surface area (Å²) in [6.45, 7) is 0. The van der Waals surface area contributed by atoms with Gasteiger partial charge >= 0.3 is 0 Å². The van der Waals surface area contributed by atoms with Crippen molar-refractivity contribution in [2.45, 2.75) is 0 Å². The van der Waals surface area contributed by atoms with Gasteiger partial charge in [-0.05, 0) is 22.0 Å². The Bertz CT molecular complexity index is 338. The monoisotopic (exact) mass is 241 g/mol. The summed E-state index contributed by atoms with van der Waals surface area (Å²) in [6, 6.07) is 1.90. The van der Waals surface area contributed by atoms with Gasteiger partial charge in [-0.15, -0.1) is 0 Å². The van der Waals surface area contributed by atoms with Gasteiger partial charge in [0.15, 0.2) is 0 Å². The molecule has 0 aromatic heterocycles. The molecule has 0 atom stereocenters. The van der Waals surface area contributed by atoms with Crippen LogP contribution in [0.2, 0.25) is 0 Å². The Kier molecular flexibility index (Phi) is 3.12. The van der Waals surface area contributed by atoms with Gasteiger partial charge in [0.1, 0.15) is 11.5 Å². The Morgan fingerprint density at radius 2 is 2.46 bits per heavy atom. The number of halogens is 1. The van der Waals surface area contributed by atoms with Crippen molar-refractivity contribution in [2.75, 3.05) is 7.11 Å². The molecular formula is C8H8BrN3O. The first-order chi connectivity index (χ1) is 6.19. The molecule has 2 N–H and O–H groups in total. The number of ether oxygens (including phenoxy) is 1. The van der Waals surface area contributed by atoms with Crippen molar-refractivity contribution in [1.82, 2.24) is 5.01 Å². The normalized spacial score (nSPS) is 19.2. The second kappa shape index (κ2) is 4.12. The number of hydrogen-bond donors (Lipinski definition) is 1. The number of nitrogens with two attached hydrogens (primary N) is 1. The third-order valence-electron chi connectivity index (χ3n) is 1.48. The third kappa shape index (κ3) is 2.11. The third-order valence-corrected chi connectivity index (χ3v) is 1.92. The molecule has 0 bridgehead atoms. The number of nitriles is 1. The number of rotatable bonds is 1. The van der Waals surface area contributed by atoms with E-state index >= 15 is 0 Å². The quantitative estimate of drug-likeness (QED) is 0.556. The van der Waals surface area contributed by atoms with Gasteiger partial charge in [0.25, 0.3) is 0 Å². The van der Waals surface area contributed by atoms with Gasteiger partial charge in [-0.3, -0.25) is 5.01 Å². The van der Waals surface area contributed by atoms with Crippen LogP contribution >= 0.6 is 15.9 Å². The molecule has 4 nitrogen and oxygen atoms in total. The Hall–Kier alpha value is -1.25. The topological polar surface area (TPSA) is 62.3 Å². The van der Waals surface area contributed by atoms with Crippen LogP contribution in [0, 0.1) is 11.3 Å². The molecule has 13 heavy (non-hydrogen) atoms. The minimum absolute atomic E-state index is 0.535. The van der Waals surface area contributed by atoms with E-state index in [1.54, 1.807) is 12.3 Å². The number of hydrogen-bond acceptors (Lipinski definition) is 4. The van der Waals surface area contributed by atoms with E-state index in [0.29, 0.717) is 11.5 Å². The minimum Gasteiger partial charge on any atom is -0.494 e. The first-order valence-corrected chi connectivity index (χ1v) is 4.25. The van der Waals surface area contributed by atoms with Crippen LogP contribution in [-0.2, 0) is 4.74 Å². The Morgan fingerprint density at radius 3 is 3.00 bits per heavy atom. The van der Waals surface area contributed by atoms with E-state index in [-0.39, 0.29) is 0 Å². The maximum absolute atomic E-state index is 8.49. The lowest BCUT2D eigenvalue weighted by molar-refractivity contribution is 0.274. The molecule has 1 aliphatic heterocycles. The minimum atomic E-state index is 0.535. The average molecular weight is 242 g/mol. The molecule has 1 heterocycles. The molecule has 0 aromatic rings. The average Bonchev–Trinajstić information content (AvgIpc) is 2.09. The molecule has 0 amide bonds. The summed E-state index contributed by atoms with van der Waals surface area (Å²) >= 11 is 3.26. The molecule has 0 saturated carbocycles.